The molecule has 0 aromatic carbocycles. The smallest absolute Gasteiger partial charge is 0.336 e. The Labute approximate surface area is 837 Å². The van der Waals surface area contributed by atoms with Crippen LogP contribution in [-0.4, -0.2) is 461 Å². The molecule has 145 heavy (non-hydrogen) atoms. The van der Waals surface area contributed by atoms with Gasteiger partial charge in [0.25, 0.3) is 0 Å². The first-order valence-electron chi connectivity index (χ1n) is 49.7. The van der Waals surface area contributed by atoms with Gasteiger partial charge in [0.15, 0.2) is 62.5 Å². The third-order valence-corrected chi connectivity index (χ3v) is 33.7. The van der Waals surface area contributed by atoms with Crippen molar-refractivity contribution >= 4 is 23.8 Å². The molecule has 8 saturated heterocycles. The number of fused-ring (bicyclic) bond motifs is 7. The lowest BCUT2D eigenvalue weighted by Crippen LogP contribution is -2.70. The molecule has 0 spiro atoms. The summed E-state index contributed by atoms with van der Waals surface area (Å²) in [5.41, 5.74) is -9.28. The lowest BCUT2D eigenvalue weighted by Gasteiger charge is -2.72. The van der Waals surface area contributed by atoms with E-state index in [0.717, 1.165) is 0 Å². The van der Waals surface area contributed by atoms with Crippen LogP contribution in [0.4, 0.5) is 0 Å². The van der Waals surface area contributed by atoms with Crippen molar-refractivity contribution in [2.45, 2.75) is 423 Å². The maximum Gasteiger partial charge on any atom is 0.336 e. The number of hydrogen-bond donors (Lipinski definition) is 26. The first-order valence-corrected chi connectivity index (χ1v) is 49.7. The second-order valence-corrected chi connectivity index (χ2v) is 43.8. The summed E-state index contributed by atoms with van der Waals surface area (Å²) in [4.78, 5) is 58.4. The average Bonchev–Trinajstić information content (AvgIpc) is 1.07. The molecule has 13 rings (SSSR count). The van der Waals surface area contributed by atoms with Crippen LogP contribution in [0.25, 0.3) is 0 Å². The van der Waals surface area contributed by atoms with Gasteiger partial charge in [-0.2, -0.15) is 0 Å². The van der Waals surface area contributed by atoms with Gasteiger partial charge < -0.3 is 218 Å². The Kier molecular flexibility index (Phi) is 37.4. The van der Waals surface area contributed by atoms with Gasteiger partial charge in [0, 0.05) is 18.8 Å². The number of rotatable bonds is 35. The Balaban J connectivity index is 0.788. The summed E-state index contributed by atoms with van der Waals surface area (Å²) in [5, 5.41) is 282. The molecule has 26 N–H and O–H groups in total. The summed E-state index contributed by atoms with van der Waals surface area (Å²) < 4.78 is 109. The molecule has 1 amide bonds. The summed E-state index contributed by atoms with van der Waals surface area (Å²) >= 11 is 0. The van der Waals surface area contributed by atoms with E-state index in [0.29, 0.717) is 37.7 Å². The van der Waals surface area contributed by atoms with Crippen LogP contribution in [0.1, 0.15) is 160 Å². The number of allylic oxidation sites excluding steroid dienone is 4. The van der Waals surface area contributed by atoms with Crippen LogP contribution in [0.5, 0.6) is 0 Å². The molecule has 50 atom stereocenters. The number of esters is 3. The van der Waals surface area contributed by atoms with Crippen molar-refractivity contribution in [1.82, 2.24) is 5.32 Å². The summed E-state index contributed by atoms with van der Waals surface area (Å²) in [5.74, 6) is -5.58. The molecular weight excluding hydrogens is 1930 g/mol. The van der Waals surface area contributed by atoms with Gasteiger partial charge in [0.2, 0.25) is 12.2 Å². The van der Waals surface area contributed by atoms with Crippen molar-refractivity contribution in [3.63, 3.8) is 0 Å². The van der Waals surface area contributed by atoms with Crippen molar-refractivity contribution in [1.29, 1.82) is 0 Å². The predicted molar refractivity (Wildman–Crippen MR) is 486 cm³/mol. The first-order chi connectivity index (χ1) is 68.0. The zero-order valence-corrected chi connectivity index (χ0v) is 83.3. The van der Waals surface area contributed by atoms with Crippen LogP contribution in [0.15, 0.2) is 60.3 Å². The van der Waals surface area contributed by atoms with E-state index in [2.05, 4.69) is 38.4 Å². The third kappa shape index (κ3) is 23.0. The molecule has 13 aliphatic rings. The Hall–Kier alpha value is -5.02. The van der Waals surface area contributed by atoms with Crippen LogP contribution in [0.2, 0.25) is 0 Å². The molecule has 5 aliphatic carbocycles. The standard InChI is InChI=1S/C97H153NO47/c1-15-92(10,127)25-17-19-43(33-100)79(124)138-73-39(3)131-86(71(121)66(73)116)145-93(11,16-2)26-18-20-42(32-99)78(123)136-55-31-97(89(126)144-88-77(64(114)59(109)48(35-102)134-88)142-85-72(122)75(140-84-70(120)63(113)58(108)47(34-101)132-84)74(40(4)130-85)139-83-69(119)60(110)49(36-103)133-83)45(29-90(55,6)7)44-21-22-52-94(12)27-24-54(91(8,9)51(94)23-28-95(52,13)96(44,14)30-53(97)106)137-81-56(98-41(5)104)62(112)61(111)50(135-81)38-129-87-76(65(115)67(117)80(125)143-87)141-82-68(118)57(107)46(105)37-128-82/h15-16,19-21,39-40,45-77,80-88,99-103,105-122,125,127H,1-2,17-18,22-38H2,3-14H3,(H,98,104)/b42-20-,43-19-. The minimum Gasteiger partial charge on any atom is -0.458 e. The Morgan fingerprint density at radius 1 is 0.483 bits per heavy atom. The number of hydrogen-bond acceptors (Lipinski definition) is 47. The van der Waals surface area contributed by atoms with Crippen LogP contribution in [0.3, 0.4) is 0 Å². The minimum absolute atomic E-state index is 0.0622. The number of carbonyl (C=O) groups is 4. The molecule has 0 aromatic rings. The normalized spacial score (nSPS) is 47.7. The molecule has 8 heterocycles. The zero-order chi connectivity index (χ0) is 107. The monoisotopic (exact) mass is 2080 g/mol. The van der Waals surface area contributed by atoms with Crippen LogP contribution < -0.4 is 5.32 Å². The molecular formula is C97H153NO47. The second-order valence-electron chi connectivity index (χ2n) is 43.8. The molecule has 48 nitrogen and oxygen atoms in total. The maximum atomic E-state index is 16.9. The highest BCUT2D eigenvalue weighted by Crippen LogP contribution is 2.76. The molecule has 0 aromatic heterocycles. The summed E-state index contributed by atoms with van der Waals surface area (Å²) in [7, 11) is 0. The fourth-order valence-corrected chi connectivity index (χ4v) is 24.5. The number of aliphatic hydroxyl groups excluding tert-OH is 24. The van der Waals surface area contributed by atoms with Gasteiger partial charge >= 0.3 is 17.9 Å². The fraction of sp³-hybridized carbons (Fsp3) is 0.856. The molecule has 4 saturated carbocycles. The van der Waals surface area contributed by atoms with Crippen LogP contribution in [0, 0.1) is 50.2 Å². The van der Waals surface area contributed by atoms with Crippen molar-refractivity contribution in [3.05, 3.63) is 60.3 Å². The van der Waals surface area contributed by atoms with Gasteiger partial charge in [-0.15, -0.1) is 13.2 Å². The van der Waals surface area contributed by atoms with Gasteiger partial charge in [0.1, 0.15) is 164 Å². The van der Waals surface area contributed by atoms with Gasteiger partial charge in [-0.1, -0.05) is 84.4 Å². The van der Waals surface area contributed by atoms with Crippen molar-refractivity contribution < 1.29 is 232 Å². The first kappa shape index (κ1) is 117. The summed E-state index contributed by atoms with van der Waals surface area (Å²) in [6, 6.07) is -1.42. The van der Waals surface area contributed by atoms with Crippen LogP contribution in [-0.2, 0) is 104 Å². The van der Waals surface area contributed by atoms with E-state index in [1.165, 1.54) is 52.0 Å². The SMILES string of the molecule is C=CC(C)(O)CC/C=C(/CO)C(=O)OC1C(C)OC(OC(C)(C=C)CC/C=C(/CO)C(=O)OC2CC3(C(=O)OC4OC(CO)C(O)C(O)C4OC4OC(C)C(OC5OC(CO)C(O)C5O)C(OC5OC(CO)C(O)C(O)C5O)C4O)C(O)CC4(C)C(=CCC5C6(C)CCC(OC7OC(COC8OC(O)C(O)C(O)C8OC8OCC(O)C(O)C8O)C(O)C(O)C7NC(C)=O)C(C)(C)C6CCC54C)C3CC2(C)C)C(O)C1O. The number of carbonyl (C=O) groups excluding carboxylic acids is 4. The molecule has 48 heteroatoms. The van der Waals surface area contributed by atoms with E-state index in [-0.39, 0.29) is 61.5 Å². The Bertz CT molecular complexity index is 4490. The highest BCUT2D eigenvalue weighted by atomic mass is 16.8. The minimum atomic E-state index is -2.30. The molecule has 8 aliphatic heterocycles. The molecule has 828 valence electrons. The molecule has 0 radical (unpaired) electrons. The fourth-order valence-electron chi connectivity index (χ4n) is 24.5. The Morgan fingerprint density at radius 2 is 0.993 bits per heavy atom. The van der Waals surface area contributed by atoms with Gasteiger partial charge in [-0.3, -0.25) is 9.59 Å². The van der Waals surface area contributed by atoms with Crippen molar-refractivity contribution in [2.24, 2.45) is 50.2 Å². The molecule has 0 bridgehead atoms. The van der Waals surface area contributed by atoms with E-state index in [1.807, 2.05) is 20.8 Å². The van der Waals surface area contributed by atoms with E-state index < -0.39 is 378 Å². The van der Waals surface area contributed by atoms with Crippen molar-refractivity contribution in [2.75, 3.05) is 46.2 Å². The van der Waals surface area contributed by atoms with E-state index in [4.69, 9.17) is 85.3 Å². The molecule has 50 unspecified atom stereocenters. The second kappa shape index (κ2) is 46.3. The maximum absolute atomic E-state index is 16.9. The Morgan fingerprint density at radius 3 is 1.60 bits per heavy atom. The van der Waals surface area contributed by atoms with Crippen LogP contribution >= 0.6 is 0 Å². The topological polar surface area (TPSA) is 752 Å². The highest BCUT2D eigenvalue weighted by Gasteiger charge is 2.74. The van der Waals surface area contributed by atoms with E-state index in [1.54, 1.807) is 20.8 Å². The van der Waals surface area contributed by atoms with Crippen molar-refractivity contribution in [3.8, 4) is 0 Å². The third-order valence-electron chi connectivity index (χ3n) is 33.7. The van der Waals surface area contributed by atoms with Gasteiger partial charge in [0.05, 0.1) is 93.0 Å². The largest absolute Gasteiger partial charge is 0.458 e. The van der Waals surface area contributed by atoms with E-state index in [9.17, 15) is 137 Å². The highest BCUT2D eigenvalue weighted by molar-refractivity contribution is 5.89. The average molecular weight is 2090 g/mol. The lowest BCUT2D eigenvalue weighted by molar-refractivity contribution is -0.390. The molecule has 12 fully saturated rings. The predicted octanol–water partition coefficient (Wildman–Crippen LogP) is -6.99. The number of ether oxygens (including phenoxy) is 18. The quantitative estimate of drug-likeness (QED) is 0.00922. The van der Waals surface area contributed by atoms with Gasteiger partial charge in [-0.05, 0) is 138 Å². The summed E-state index contributed by atoms with van der Waals surface area (Å²) in [6.45, 7) is 22.7. The zero-order valence-electron chi connectivity index (χ0n) is 83.3. The number of aliphatic hydroxyl groups is 25. The number of amides is 1. The summed E-state index contributed by atoms with van der Waals surface area (Å²) in [6.07, 6.45) is -63.6. The van der Waals surface area contributed by atoms with Gasteiger partial charge in [-0.25, -0.2) is 9.59 Å². The number of nitrogens with one attached hydrogen (secondary N) is 1. The lowest BCUT2D eigenvalue weighted by atomic mass is 9.33. The van der Waals surface area contributed by atoms with E-state index >= 15 is 9.59 Å².